The summed E-state index contributed by atoms with van der Waals surface area (Å²) < 4.78 is 2.88. The minimum absolute atomic E-state index is 0.00303. The van der Waals surface area contributed by atoms with Gasteiger partial charge in [0, 0.05) is 18.7 Å². The average Bonchev–Trinajstić information content (AvgIpc) is 3.17. The van der Waals surface area contributed by atoms with Crippen LogP contribution < -0.4 is 5.32 Å². The van der Waals surface area contributed by atoms with Crippen LogP contribution in [0.15, 0.2) is 54.9 Å². The quantitative estimate of drug-likeness (QED) is 0.622. The zero-order valence-corrected chi connectivity index (χ0v) is 14.0. The van der Waals surface area contributed by atoms with Gasteiger partial charge < -0.3 is 5.32 Å². The van der Waals surface area contributed by atoms with Gasteiger partial charge in [-0.25, -0.2) is 9.50 Å². The molecule has 1 N–H and O–H groups in total. The van der Waals surface area contributed by atoms with Crippen LogP contribution in [0.5, 0.6) is 0 Å². The van der Waals surface area contributed by atoms with Crippen LogP contribution in [0.4, 0.5) is 0 Å². The van der Waals surface area contributed by atoms with Crippen molar-refractivity contribution in [3.8, 4) is 0 Å². The van der Waals surface area contributed by atoms with Crippen LogP contribution in [0, 0.1) is 0 Å². The number of amides is 1. The van der Waals surface area contributed by atoms with Gasteiger partial charge in [0.15, 0.2) is 0 Å². The zero-order valence-electron chi connectivity index (χ0n) is 13.1. The Morgan fingerprint density at radius 2 is 2.08 bits per heavy atom. The number of aromatic nitrogens is 3. The normalized spacial score (nSPS) is 12.5. The maximum atomic E-state index is 12.5. The number of fused-ring (bicyclic) bond motifs is 2. The van der Waals surface area contributed by atoms with Crippen molar-refractivity contribution in [1.29, 1.82) is 0 Å². The van der Waals surface area contributed by atoms with Gasteiger partial charge in [0.05, 0.1) is 32.5 Å². The van der Waals surface area contributed by atoms with E-state index in [0.29, 0.717) is 12.0 Å². The summed E-state index contributed by atoms with van der Waals surface area (Å²) in [5.41, 5.74) is 2.41. The molecule has 0 bridgehead atoms. The summed E-state index contributed by atoms with van der Waals surface area (Å²) in [5.74, 6) is -0.107. The molecule has 5 nitrogen and oxygen atoms in total. The maximum absolute atomic E-state index is 12.5. The fourth-order valence-electron chi connectivity index (χ4n) is 2.73. The molecular formula is C18H16N4OS. The highest BCUT2D eigenvalue weighted by atomic mass is 32.1. The van der Waals surface area contributed by atoms with E-state index in [4.69, 9.17) is 0 Å². The van der Waals surface area contributed by atoms with E-state index < -0.39 is 0 Å². The van der Waals surface area contributed by atoms with Gasteiger partial charge in [-0.15, -0.1) is 11.3 Å². The number of pyridine rings is 1. The summed E-state index contributed by atoms with van der Waals surface area (Å²) in [6, 6.07) is 13.8. The highest BCUT2D eigenvalue weighted by Crippen LogP contribution is 2.22. The van der Waals surface area contributed by atoms with E-state index in [0.717, 1.165) is 16.0 Å². The van der Waals surface area contributed by atoms with Gasteiger partial charge in [-0.2, -0.15) is 5.10 Å². The van der Waals surface area contributed by atoms with Crippen molar-refractivity contribution in [1.82, 2.24) is 19.9 Å². The average molecular weight is 336 g/mol. The molecule has 1 unspecified atom stereocenters. The lowest BCUT2D eigenvalue weighted by atomic mass is 10.2. The monoisotopic (exact) mass is 336 g/mol. The molecular weight excluding hydrogens is 320 g/mol. The zero-order chi connectivity index (χ0) is 16.5. The Balaban J connectivity index is 1.49. The molecule has 4 rings (SSSR count). The van der Waals surface area contributed by atoms with Gasteiger partial charge >= 0.3 is 0 Å². The number of rotatable bonds is 4. The van der Waals surface area contributed by atoms with Crippen molar-refractivity contribution in [2.75, 3.05) is 0 Å². The Kier molecular flexibility index (Phi) is 3.74. The van der Waals surface area contributed by atoms with Crippen LogP contribution in [0.25, 0.3) is 15.7 Å². The predicted octanol–water partition coefficient (Wildman–Crippen LogP) is 3.31. The van der Waals surface area contributed by atoms with Gasteiger partial charge in [-0.3, -0.25) is 4.79 Å². The van der Waals surface area contributed by atoms with E-state index in [-0.39, 0.29) is 11.9 Å². The molecule has 1 atom stereocenters. The Morgan fingerprint density at radius 3 is 2.96 bits per heavy atom. The molecule has 0 saturated heterocycles. The highest BCUT2D eigenvalue weighted by Gasteiger charge is 2.16. The molecule has 3 aromatic heterocycles. The number of carbonyl (C=O) groups is 1. The summed E-state index contributed by atoms with van der Waals surface area (Å²) in [5, 5.41) is 8.28. The minimum Gasteiger partial charge on any atom is -0.349 e. The Labute approximate surface area is 143 Å². The second-order valence-electron chi connectivity index (χ2n) is 5.74. The molecule has 0 radical (unpaired) electrons. The largest absolute Gasteiger partial charge is 0.349 e. The topological polar surface area (TPSA) is 59.3 Å². The molecule has 0 aliphatic rings. The standard InChI is InChI=1S/C18H16N4OS/c1-12(10-17-21-14-6-2-3-8-16(14)24-17)20-18(23)13-11-19-22-9-5-4-7-15(13)22/h2-9,11-12H,10H2,1H3,(H,20,23). The lowest BCUT2D eigenvalue weighted by molar-refractivity contribution is 0.0942. The van der Waals surface area contributed by atoms with Crippen molar-refractivity contribution >= 4 is 33.0 Å². The van der Waals surface area contributed by atoms with Crippen LogP contribution in [0.2, 0.25) is 0 Å². The van der Waals surface area contributed by atoms with E-state index in [1.54, 1.807) is 22.0 Å². The molecule has 3 heterocycles. The summed E-state index contributed by atoms with van der Waals surface area (Å²) in [7, 11) is 0. The molecule has 0 aliphatic heterocycles. The second kappa shape index (κ2) is 6.05. The van der Waals surface area contributed by atoms with Crippen molar-refractivity contribution in [2.45, 2.75) is 19.4 Å². The molecule has 0 aliphatic carbocycles. The summed E-state index contributed by atoms with van der Waals surface area (Å²) in [6.45, 7) is 2.00. The van der Waals surface area contributed by atoms with E-state index in [1.165, 1.54) is 4.70 Å². The number of benzene rings is 1. The molecule has 0 fully saturated rings. The van der Waals surface area contributed by atoms with Crippen molar-refractivity contribution < 1.29 is 4.79 Å². The Bertz CT molecular complexity index is 987. The highest BCUT2D eigenvalue weighted by molar-refractivity contribution is 7.18. The van der Waals surface area contributed by atoms with E-state index >= 15 is 0 Å². The third kappa shape index (κ3) is 2.76. The number of carbonyl (C=O) groups excluding carboxylic acids is 1. The second-order valence-corrected chi connectivity index (χ2v) is 6.86. The third-order valence-electron chi connectivity index (χ3n) is 3.87. The molecule has 0 saturated carbocycles. The van der Waals surface area contributed by atoms with Crippen molar-refractivity contribution in [3.63, 3.8) is 0 Å². The fourth-order valence-corrected chi connectivity index (χ4v) is 3.83. The summed E-state index contributed by atoms with van der Waals surface area (Å²) >= 11 is 1.67. The van der Waals surface area contributed by atoms with Crippen LogP contribution in [0.1, 0.15) is 22.3 Å². The van der Waals surface area contributed by atoms with Crippen LogP contribution in [-0.2, 0) is 6.42 Å². The Morgan fingerprint density at radius 1 is 1.25 bits per heavy atom. The molecule has 6 heteroatoms. The van der Waals surface area contributed by atoms with Crippen LogP contribution in [0.3, 0.4) is 0 Å². The van der Waals surface area contributed by atoms with Gasteiger partial charge in [-0.1, -0.05) is 18.2 Å². The number of thiazole rings is 1. The molecule has 0 spiro atoms. The van der Waals surface area contributed by atoms with Gasteiger partial charge in [-0.05, 0) is 31.2 Å². The fraction of sp³-hybridized carbons (Fsp3) is 0.167. The van der Waals surface area contributed by atoms with Crippen LogP contribution >= 0.6 is 11.3 Å². The Hall–Kier alpha value is -2.73. The van der Waals surface area contributed by atoms with Gasteiger partial charge in [0.2, 0.25) is 0 Å². The minimum atomic E-state index is -0.107. The lowest BCUT2D eigenvalue weighted by Crippen LogP contribution is -2.34. The first kappa shape index (κ1) is 14.8. The number of nitrogens with one attached hydrogen (secondary N) is 1. The smallest absolute Gasteiger partial charge is 0.255 e. The van der Waals surface area contributed by atoms with E-state index in [1.807, 2.05) is 49.5 Å². The predicted molar refractivity (Wildman–Crippen MR) is 95.4 cm³/mol. The third-order valence-corrected chi connectivity index (χ3v) is 4.93. The molecule has 120 valence electrons. The number of hydrogen-bond donors (Lipinski definition) is 1. The van der Waals surface area contributed by atoms with Gasteiger partial charge in [0.25, 0.3) is 5.91 Å². The lowest BCUT2D eigenvalue weighted by Gasteiger charge is -2.11. The summed E-state index contributed by atoms with van der Waals surface area (Å²) in [6.07, 6.45) is 4.15. The number of para-hydroxylation sites is 1. The van der Waals surface area contributed by atoms with Crippen molar-refractivity contribution in [2.24, 2.45) is 0 Å². The molecule has 24 heavy (non-hydrogen) atoms. The summed E-state index contributed by atoms with van der Waals surface area (Å²) in [4.78, 5) is 17.1. The van der Waals surface area contributed by atoms with Crippen molar-refractivity contribution in [3.05, 3.63) is 65.4 Å². The molecule has 4 aromatic rings. The first-order valence-electron chi connectivity index (χ1n) is 7.78. The molecule has 1 aromatic carbocycles. The SMILES string of the molecule is CC(Cc1nc2ccccc2s1)NC(=O)c1cnn2ccccc12. The van der Waals surface area contributed by atoms with Crippen LogP contribution in [-0.4, -0.2) is 26.5 Å². The van der Waals surface area contributed by atoms with E-state index in [9.17, 15) is 4.79 Å². The van der Waals surface area contributed by atoms with Gasteiger partial charge in [0.1, 0.15) is 0 Å². The molecule has 1 amide bonds. The van der Waals surface area contributed by atoms with E-state index in [2.05, 4.69) is 21.5 Å². The number of hydrogen-bond acceptors (Lipinski definition) is 4. The first-order chi connectivity index (χ1) is 11.7. The first-order valence-corrected chi connectivity index (χ1v) is 8.60. The maximum Gasteiger partial charge on any atom is 0.255 e. The number of nitrogens with zero attached hydrogens (tertiary/aromatic N) is 3.